The van der Waals surface area contributed by atoms with E-state index in [0.717, 1.165) is 5.56 Å². The van der Waals surface area contributed by atoms with Gasteiger partial charge in [-0.1, -0.05) is 54.1 Å². The Labute approximate surface area is 124 Å². The number of amides is 1. The molecule has 20 heavy (non-hydrogen) atoms. The molecule has 0 aliphatic carbocycles. The molecule has 2 N–H and O–H groups in total. The van der Waals surface area contributed by atoms with Crippen LogP contribution in [0.25, 0.3) is 0 Å². The van der Waals surface area contributed by atoms with Crippen molar-refractivity contribution < 1.29 is 4.79 Å². The number of nitrogens with one attached hydrogen (secondary N) is 2. The van der Waals surface area contributed by atoms with E-state index < -0.39 is 0 Å². The maximum Gasteiger partial charge on any atom is 0.238 e. The molecule has 0 radical (unpaired) electrons. The number of halogens is 1. The monoisotopic (exact) mass is 288 g/mol. The van der Waals surface area contributed by atoms with Gasteiger partial charge in [0.25, 0.3) is 0 Å². The summed E-state index contributed by atoms with van der Waals surface area (Å²) >= 11 is 5.99. The SMILES string of the molecule is CC(NCC(=O)Nc1ccccc1Cl)c1ccccc1. The number of hydrogen-bond donors (Lipinski definition) is 2. The van der Waals surface area contributed by atoms with Crippen molar-refractivity contribution in [1.82, 2.24) is 5.32 Å². The number of hydrogen-bond acceptors (Lipinski definition) is 2. The van der Waals surface area contributed by atoms with Gasteiger partial charge in [0, 0.05) is 6.04 Å². The van der Waals surface area contributed by atoms with Gasteiger partial charge >= 0.3 is 0 Å². The van der Waals surface area contributed by atoms with Crippen molar-refractivity contribution in [2.24, 2.45) is 0 Å². The first kappa shape index (κ1) is 14.6. The quantitative estimate of drug-likeness (QED) is 0.882. The van der Waals surface area contributed by atoms with E-state index in [2.05, 4.69) is 10.6 Å². The summed E-state index contributed by atoms with van der Waals surface area (Å²) in [7, 11) is 0. The molecule has 4 heteroatoms. The van der Waals surface area contributed by atoms with Gasteiger partial charge in [-0.05, 0) is 24.6 Å². The third-order valence-corrected chi connectivity index (χ3v) is 3.35. The van der Waals surface area contributed by atoms with Gasteiger partial charge in [-0.2, -0.15) is 0 Å². The van der Waals surface area contributed by atoms with Crippen molar-refractivity contribution in [3.63, 3.8) is 0 Å². The fourth-order valence-corrected chi connectivity index (χ4v) is 2.05. The predicted molar refractivity (Wildman–Crippen MR) is 82.9 cm³/mol. The summed E-state index contributed by atoms with van der Waals surface area (Å²) in [5.74, 6) is -0.110. The summed E-state index contributed by atoms with van der Waals surface area (Å²) < 4.78 is 0. The van der Waals surface area contributed by atoms with E-state index in [1.165, 1.54) is 0 Å². The Morgan fingerprint density at radius 1 is 1.10 bits per heavy atom. The lowest BCUT2D eigenvalue weighted by Gasteiger charge is -2.14. The number of benzene rings is 2. The van der Waals surface area contributed by atoms with Gasteiger partial charge in [-0.15, -0.1) is 0 Å². The lowest BCUT2D eigenvalue weighted by atomic mass is 10.1. The summed E-state index contributed by atoms with van der Waals surface area (Å²) in [4.78, 5) is 11.9. The van der Waals surface area contributed by atoms with Crippen LogP contribution >= 0.6 is 11.6 Å². The van der Waals surface area contributed by atoms with Crippen molar-refractivity contribution in [1.29, 1.82) is 0 Å². The van der Waals surface area contributed by atoms with Crippen molar-refractivity contribution in [2.75, 3.05) is 11.9 Å². The van der Waals surface area contributed by atoms with Crippen LogP contribution in [0.3, 0.4) is 0 Å². The van der Waals surface area contributed by atoms with E-state index in [9.17, 15) is 4.79 Å². The maximum absolute atomic E-state index is 11.9. The molecule has 1 amide bonds. The second-order valence-corrected chi connectivity index (χ2v) is 4.95. The molecule has 0 heterocycles. The largest absolute Gasteiger partial charge is 0.324 e. The fourth-order valence-electron chi connectivity index (χ4n) is 1.86. The molecule has 2 aromatic carbocycles. The molecule has 104 valence electrons. The Hall–Kier alpha value is -1.84. The first-order chi connectivity index (χ1) is 9.66. The lowest BCUT2D eigenvalue weighted by Crippen LogP contribution is -2.30. The minimum Gasteiger partial charge on any atom is -0.324 e. The van der Waals surface area contributed by atoms with Crippen molar-refractivity contribution in [3.8, 4) is 0 Å². The Bertz CT molecular complexity index is 572. The zero-order valence-corrected chi connectivity index (χ0v) is 12.0. The van der Waals surface area contributed by atoms with E-state index in [4.69, 9.17) is 11.6 Å². The van der Waals surface area contributed by atoms with Gasteiger partial charge in [-0.3, -0.25) is 4.79 Å². The number of para-hydroxylation sites is 1. The summed E-state index contributed by atoms with van der Waals surface area (Å²) in [5, 5.41) is 6.51. The highest BCUT2D eigenvalue weighted by Gasteiger charge is 2.08. The van der Waals surface area contributed by atoms with Crippen LogP contribution in [0.2, 0.25) is 5.02 Å². The van der Waals surface area contributed by atoms with Crippen LogP contribution in [0.1, 0.15) is 18.5 Å². The third-order valence-electron chi connectivity index (χ3n) is 3.02. The van der Waals surface area contributed by atoms with Crippen molar-refractivity contribution in [2.45, 2.75) is 13.0 Å². The average molecular weight is 289 g/mol. The highest BCUT2D eigenvalue weighted by Crippen LogP contribution is 2.20. The molecule has 0 saturated heterocycles. The van der Waals surface area contributed by atoms with Crippen molar-refractivity contribution >= 4 is 23.2 Å². The second kappa shape index (κ2) is 7.08. The molecule has 0 aromatic heterocycles. The highest BCUT2D eigenvalue weighted by atomic mass is 35.5. The molecule has 2 rings (SSSR count). The molecule has 3 nitrogen and oxygen atoms in total. The van der Waals surface area contributed by atoms with Crippen LogP contribution in [-0.2, 0) is 4.79 Å². The van der Waals surface area contributed by atoms with Crippen LogP contribution in [0, 0.1) is 0 Å². The highest BCUT2D eigenvalue weighted by molar-refractivity contribution is 6.33. The third kappa shape index (κ3) is 4.08. The fraction of sp³-hybridized carbons (Fsp3) is 0.188. The van der Waals surface area contributed by atoms with Gasteiger partial charge in [0.15, 0.2) is 0 Å². The maximum atomic E-state index is 11.9. The minimum atomic E-state index is -0.110. The van der Waals surface area contributed by atoms with Crippen LogP contribution in [0.5, 0.6) is 0 Å². The Morgan fingerprint density at radius 3 is 2.45 bits per heavy atom. The molecular formula is C16H17ClN2O. The zero-order valence-electron chi connectivity index (χ0n) is 11.3. The van der Waals surface area contributed by atoms with E-state index in [-0.39, 0.29) is 18.5 Å². The van der Waals surface area contributed by atoms with Gasteiger partial charge in [0.2, 0.25) is 5.91 Å². The molecule has 0 bridgehead atoms. The van der Waals surface area contributed by atoms with Gasteiger partial charge < -0.3 is 10.6 Å². The number of carbonyl (C=O) groups excluding carboxylic acids is 1. The molecule has 0 fully saturated rings. The van der Waals surface area contributed by atoms with Crippen LogP contribution in [0.15, 0.2) is 54.6 Å². The number of rotatable bonds is 5. The van der Waals surface area contributed by atoms with Crippen LogP contribution in [0.4, 0.5) is 5.69 Å². The van der Waals surface area contributed by atoms with Gasteiger partial charge in [0.05, 0.1) is 17.3 Å². The summed E-state index contributed by atoms with van der Waals surface area (Å²) in [6.07, 6.45) is 0. The Morgan fingerprint density at radius 2 is 1.75 bits per heavy atom. The molecule has 2 aromatic rings. The van der Waals surface area contributed by atoms with Crippen molar-refractivity contribution in [3.05, 3.63) is 65.2 Å². The first-order valence-electron chi connectivity index (χ1n) is 6.49. The molecule has 0 aliphatic heterocycles. The Balaban J connectivity index is 1.85. The number of anilines is 1. The van der Waals surface area contributed by atoms with E-state index in [1.54, 1.807) is 12.1 Å². The zero-order chi connectivity index (χ0) is 14.4. The van der Waals surface area contributed by atoms with Crippen LogP contribution in [-0.4, -0.2) is 12.5 Å². The topological polar surface area (TPSA) is 41.1 Å². The average Bonchev–Trinajstić information content (AvgIpc) is 2.48. The van der Waals surface area contributed by atoms with E-state index in [1.807, 2.05) is 49.4 Å². The Kier molecular flexibility index (Phi) is 5.16. The summed E-state index contributed by atoms with van der Waals surface area (Å²) in [6, 6.07) is 17.3. The normalized spacial score (nSPS) is 11.9. The molecular weight excluding hydrogens is 272 g/mol. The lowest BCUT2D eigenvalue weighted by molar-refractivity contribution is -0.115. The molecule has 1 atom stereocenters. The summed E-state index contributed by atoms with van der Waals surface area (Å²) in [5.41, 5.74) is 1.78. The molecule has 1 unspecified atom stereocenters. The number of carbonyl (C=O) groups is 1. The molecule has 0 saturated carbocycles. The first-order valence-corrected chi connectivity index (χ1v) is 6.87. The molecule has 0 aliphatic rings. The van der Waals surface area contributed by atoms with Gasteiger partial charge in [-0.25, -0.2) is 0 Å². The van der Waals surface area contributed by atoms with Crippen LogP contribution < -0.4 is 10.6 Å². The van der Waals surface area contributed by atoms with E-state index >= 15 is 0 Å². The summed E-state index contributed by atoms with van der Waals surface area (Å²) in [6.45, 7) is 2.26. The smallest absolute Gasteiger partial charge is 0.238 e. The van der Waals surface area contributed by atoms with E-state index in [0.29, 0.717) is 10.7 Å². The predicted octanol–water partition coefficient (Wildman–Crippen LogP) is 3.63. The second-order valence-electron chi connectivity index (χ2n) is 4.54. The van der Waals surface area contributed by atoms with Gasteiger partial charge in [0.1, 0.15) is 0 Å². The molecule has 0 spiro atoms. The standard InChI is InChI=1S/C16H17ClN2O/c1-12(13-7-3-2-4-8-13)18-11-16(20)19-15-10-6-5-9-14(15)17/h2-10,12,18H,11H2,1H3,(H,19,20). The minimum absolute atomic E-state index is 0.110.